The Morgan fingerprint density at radius 3 is 2.28 bits per heavy atom. The number of nitrogens with one attached hydrogen (secondary N) is 1. The van der Waals surface area contributed by atoms with Crippen molar-refractivity contribution < 1.29 is 8.83 Å². The van der Waals surface area contributed by atoms with Crippen LogP contribution >= 0.6 is 0 Å². The molecule has 0 saturated heterocycles. The predicted molar refractivity (Wildman–Crippen MR) is 86.5 cm³/mol. The Morgan fingerprint density at radius 2 is 1.68 bits per heavy atom. The predicted octanol–water partition coefficient (Wildman–Crippen LogP) is 1.51. The Balaban J connectivity index is 1.61. The molecule has 4 heterocycles. The molecule has 0 aliphatic heterocycles. The van der Waals surface area contributed by atoms with Crippen molar-refractivity contribution in [2.45, 2.75) is 26.6 Å². The minimum absolute atomic E-state index is 0.143. The lowest BCUT2D eigenvalue weighted by atomic mass is 10.3. The lowest BCUT2D eigenvalue weighted by molar-refractivity contribution is 0.238. The first-order valence-electron chi connectivity index (χ1n) is 7.72. The molecule has 0 aromatic carbocycles. The SMILES string of the molecule is Cc1cc2nc(CN(Cc3cocn3)Cc3cocn3)cc(=O)n2[nH]1. The van der Waals surface area contributed by atoms with Crippen LogP contribution < -0.4 is 5.56 Å². The van der Waals surface area contributed by atoms with Crippen molar-refractivity contribution >= 4 is 5.65 Å². The lowest BCUT2D eigenvalue weighted by Crippen LogP contribution is -2.25. The lowest BCUT2D eigenvalue weighted by Gasteiger charge is -2.19. The summed E-state index contributed by atoms with van der Waals surface area (Å²) in [7, 11) is 0. The number of oxazole rings is 2. The number of aryl methyl sites for hydroxylation is 1. The standard InChI is InChI=1S/C16H16N6O3/c1-11-2-15-19-12(3-16(23)22(15)20-11)4-21(5-13-7-24-9-17-13)6-14-8-25-10-18-14/h2-3,7-10,20H,4-6H2,1H3. The largest absolute Gasteiger partial charge is 0.451 e. The maximum absolute atomic E-state index is 12.2. The molecule has 0 fully saturated rings. The molecule has 0 radical (unpaired) electrons. The second-order valence-electron chi connectivity index (χ2n) is 5.82. The number of hydrogen-bond donors (Lipinski definition) is 1. The average molecular weight is 340 g/mol. The van der Waals surface area contributed by atoms with Gasteiger partial charge in [-0.05, 0) is 6.92 Å². The zero-order valence-electron chi connectivity index (χ0n) is 13.5. The third-order valence-corrected chi connectivity index (χ3v) is 3.76. The van der Waals surface area contributed by atoms with Gasteiger partial charge in [-0.3, -0.25) is 14.8 Å². The Bertz CT molecular complexity index is 980. The molecule has 1 N–H and O–H groups in total. The van der Waals surface area contributed by atoms with Crippen LogP contribution in [0.3, 0.4) is 0 Å². The van der Waals surface area contributed by atoms with E-state index in [4.69, 9.17) is 8.83 Å². The summed E-state index contributed by atoms with van der Waals surface area (Å²) in [6, 6.07) is 3.37. The fraction of sp³-hybridized carbons (Fsp3) is 0.250. The Labute approximate surface area is 141 Å². The molecule has 0 amide bonds. The van der Waals surface area contributed by atoms with E-state index >= 15 is 0 Å². The molecule has 9 nitrogen and oxygen atoms in total. The van der Waals surface area contributed by atoms with Gasteiger partial charge in [-0.25, -0.2) is 19.5 Å². The fourth-order valence-corrected chi connectivity index (χ4v) is 2.73. The van der Waals surface area contributed by atoms with E-state index in [9.17, 15) is 4.79 Å². The monoisotopic (exact) mass is 340 g/mol. The number of nitrogens with zero attached hydrogens (tertiary/aromatic N) is 5. The maximum atomic E-state index is 12.2. The van der Waals surface area contributed by atoms with Crippen molar-refractivity contribution in [3.8, 4) is 0 Å². The van der Waals surface area contributed by atoms with Gasteiger partial charge in [0.05, 0.1) is 17.1 Å². The molecule has 0 aliphatic rings. The number of aromatic amines is 1. The summed E-state index contributed by atoms with van der Waals surface area (Å²) < 4.78 is 11.5. The number of rotatable bonds is 6. The summed E-state index contributed by atoms with van der Waals surface area (Å²) in [5, 5.41) is 2.96. The minimum Gasteiger partial charge on any atom is -0.451 e. The molecule has 128 valence electrons. The van der Waals surface area contributed by atoms with Crippen molar-refractivity contribution in [3.63, 3.8) is 0 Å². The summed E-state index contributed by atoms with van der Waals surface area (Å²) in [6.07, 6.45) is 5.97. The highest BCUT2D eigenvalue weighted by molar-refractivity contribution is 5.39. The normalized spacial score (nSPS) is 11.6. The first-order valence-corrected chi connectivity index (χ1v) is 7.72. The summed E-state index contributed by atoms with van der Waals surface area (Å²) in [5.41, 5.74) is 3.59. The van der Waals surface area contributed by atoms with Gasteiger partial charge in [0.2, 0.25) is 0 Å². The third kappa shape index (κ3) is 3.36. The number of aromatic nitrogens is 5. The van der Waals surface area contributed by atoms with Crippen LogP contribution in [0.15, 0.2) is 51.1 Å². The van der Waals surface area contributed by atoms with Crippen LogP contribution in [-0.4, -0.2) is 29.5 Å². The Hall–Kier alpha value is -3.20. The van der Waals surface area contributed by atoms with Gasteiger partial charge in [0.25, 0.3) is 5.56 Å². The van der Waals surface area contributed by atoms with Crippen molar-refractivity contribution in [2.75, 3.05) is 0 Å². The highest BCUT2D eigenvalue weighted by Gasteiger charge is 2.14. The molecule has 25 heavy (non-hydrogen) atoms. The number of hydrogen-bond acceptors (Lipinski definition) is 7. The maximum Gasteiger partial charge on any atom is 0.272 e. The van der Waals surface area contributed by atoms with Crippen LogP contribution in [0.4, 0.5) is 0 Å². The van der Waals surface area contributed by atoms with Gasteiger partial charge in [0.1, 0.15) is 12.5 Å². The molecule has 0 saturated carbocycles. The summed E-state index contributed by atoms with van der Waals surface area (Å²) >= 11 is 0. The second kappa shape index (κ2) is 6.36. The van der Waals surface area contributed by atoms with Crippen LogP contribution in [0.25, 0.3) is 5.65 Å². The quantitative estimate of drug-likeness (QED) is 0.567. The Morgan fingerprint density at radius 1 is 1.04 bits per heavy atom. The first-order chi connectivity index (χ1) is 12.2. The molecular weight excluding hydrogens is 324 g/mol. The van der Waals surface area contributed by atoms with Gasteiger partial charge in [-0.1, -0.05) is 0 Å². The minimum atomic E-state index is -0.143. The van der Waals surface area contributed by atoms with E-state index in [0.717, 1.165) is 17.1 Å². The van der Waals surface area contributed by atoms with E-state index in [0.29, 0.717) is 31.0 Å². The van der Waals surface area contributed by atoms with Crippen LogP contribution in [0.1, 0.15) is 22.8 Å². The van der Waals surface area contributed by atoms with Gasteiger partial charge < -0.3 is 8.83 Å². The zero-order valence-corrected chi connectivity index (χ0v) is 13.5. The molecule has 0 bridgehead atoms. The van der Waals surface area contributed by atoms with Crippen LogP contribution in [0.5, 0.6) is 0 Å². The van der Waals surface area contributed by atoms with Crippen molar-refractivity contribution in [1.82, 2.24) is 29.5 Å². The smallest absolute Gasteiger partial charge is 0.272 e. The molecule has 0 unspecified atom stereocenters. The van der Waals surface area contributed by atoms with E-state index in [-0.39, 0.29) is 5.56 Å². The number of fused-ring (bicyclic) bond motifs is 1. The molecule has 0 atom stereocenters. The van der Waals surface area contributed by atoms with Crippen molar-refractivity contribution in [1.29, 1.82) is 0 Å². The van der Waals surface area contributed by atoms with E-state index in [1.807, 2.05) is 13.0 Å². The summed E-state index contributed by atoms with van der Waals surface area (Å²) in [4.78, 5) is 27.2. The first kappa shape index (κ1) is 15.3. The molecule has 0 aliphatic carbocycles. The zero-order chi connectivity index (χ0) is 17.2. The average Bonchev–Trinajstić information content (AvgIpc) is 3.29. The molecule has 4 aromatic heterocycles. The van der Waals surface area contributed by atoms with Crippen LogP contribution in [0, 0.1) is 6.92 Å². The second-order valence-corrected chi connectivity index (χ2v) is 5.82. The van der Waals surface area contributed by atoms with Crippen molar-refractivity contribution in [2.24, 2.45) is 0 Å². The number of H-pyrrole nitrogens is 1. The Kier molecular flexibility index (Phi) is 3.90. The van der Waals surface area contributed by atoms with Gasteiger partial charge in [0, 0.05) is 37.5 Å². The van der Waals surface area contributed by atoms with Crippen LogP contribution in [-0.2, 0) is 19.6 Å². The highest BCUT2D eigenvalue weighted by Crippen LogP contribution is 2.12. The van der Waals surface area contributed by atoms with Gasteiger partial charge in [0.15, 0.2) is 18.4 Å². The summed E-state index contributed by atoms with van der Waals surface area (Å²) in [6.45, 7) is 3.43. The van der Waals surface area contributed by atoms with Gasteiger partial charge in [-0.2, -0.15) is 0 Å². The molecule has 9 heteroatoms. The van der Waals surface area contributed by atoms with E-state index < -0.39 is 0 Å². The molecule has 0 spiro atoms. The third-order valence-electron chi connectivity index (χ3n) is 3.76. The molecular formula is C16H16N6O3. The van der Waals surface area contributed by atoms with E-state index in [2.05, 4.69) is 25.0 Å². The molecule has 4 aromatic rings. The highest BCUT2D eigenvalue weighted by atomic mass is 16.3. The summed E-state index contributed by atoms with van der Waals surface area (Å²) in [5.74, 6) is 0. The van der Waals surface area contributed by atoms with Crippen LogP contribution in [0.2, 0.25) is 0 Å². The topological polar surface area (TPSA) is 105 Å². The van der Waals surface area contributed by atoms with Gasteiger partial charge >= 0.3 is 0 Å². The van der Waals surface area contributed by atoms with E-state index in [1.165, 1.54) is 23.4 Å². The fourth-order valence-electron chi connectivity index (χ4n) is 2.73. The van der Waals surface area contributed by atoms with Gasteiger partial charge in [-0.15, -0.1) is 0 Å². The van der Waals surface area contributed by atoms with E-state index in [1.54, 1.807) is 12.5 Å². The van der Waals surface area contributed by atoms with Crippen molar-refractivity contribution in [3.05, 3.63) is 70.6 Å². The molecule has 4 rings (SSSR count).